The molecule has 2 aromatic carbocycles. The van der Waals surface area contributed by atoms with Crippen LogP contribution in [-0.2, 0) is 0 Å². The Morgan fingerprint density at radius 1 is 1.03 bits per heavy atom. The summed E-state index contributed by atoms with van der Waals surface area (Å²) in [4.78, 5) is 33.8. The molecule has 0 radical (unpaired) electrons. The van der Waals surface area contributed by atoms with Gasteiger partial charge in [0, 0.05) is 12.1 Å². The van der Waals surface area contributed by atoms with Crippen LogP contribution in [0.4, 0.5) is 0 Å². The third-order valence-corrected chi connectivity index (χ3v) is 5.83. The molecule has 0 saturated carbocycles. The molecule has 7 nitrogen and oxygen atoms in total. The fraction of sp³-hybridized carbons (Fsp3) is 0.208. The molecule has 1 unspecified atom stereocenters. The van der Waals surface area contributed by atoms with Crippen LogP contribution in [0, 0.1) is 0 Å². The van der Waals surface area contributed by atoms with E-state index in [9.17, 15) is 14.7 Å². The summed E-state index contributed by atoms with van der Waals surface area (Å²) in [5.74, 6) is 0.203. The molecule has 156 valence electrons. The highest BCUT2D eigenvalue weighted by Crippen LogP contribution is 2.33. The molecular formula is C24H22N4O3. The minimum absolute atomic E-state index is 0.0991. The molecule has 0 amide bonds. The predicted octanol–water partition coefficient (Wildman–Crippen LogP) is 2.91. The molecule has 4 aromatic rings. The lowest BCUT2D eigenvalue weighted by Gasteiger charge is -2.24. The minimum atomic E-state index is -0.543. The fourth-order valence-corrected chi connectivity index (χ4v) is 4.32. The van der Waals surface area contributed by atoms with Crippen molar-refractivity contribution in [1.29, 1.82) is 0 Å². The van der Waals surface area contributed by atoms with Crippen molar-refractivity contribution in [2.75, 3.05) is 13.1 Å². The lowest BCUT2D eigenvalue weighted by atomic mass is 9.89. The second kappa shape index (κ2) is 7.85. The van der Waals surface area contributed by atoms with Gasteiger partial charge in [-0.25, -0.2) is 14.3 Å². The maximum Gasteiger partial charge on any atom is 0.334 e. The molecule has 3 N–H and O–H groups in total. The van der Waals surface area contributed by atoms with Gasteiger partial charge < -0.3 is 10.4 Å². The van der Waals surface area contributed by atoms with Gasteiger partial charge in [0.15, 0.2) is 0 Å². The number of phenolic OH excluding ortho intramolecular Hbond substituents is 1. The van der Waals surface area contributed by atoms with Crippen LogP contribution in [0.2, 0.25) is 0 Å². The number of fused-ring (bicyclic) bond motifs is 1. The van der Waals surface area contributed by atoms with Crippen molar-refractivity contribution < 1.29 is 5.11 Å². The SMILES string of the molecule is O=c1[nH]c2nc(-c3ccccc3O)cc(C3CCCNC3)c2c(=O)n1-c1ccccc1. The van der Waals surface area contributed by atoms with Gasteiger partial charge in [0.2, 0.25) is 0 Å². The Hall–Kier alpha value is -3.71. The van der Waals surface area contributed by atoms with Crippen molar-refractivity contribution in [3.05, 3.63) is 87.1 Å². The molecule has 1 fully saturated rings. The van der Waals surface area contributed by atoms with Crippen molar-refractivity contribution in [3.63, 3.8) is 0 Å². The van der Waals surface area contributed by atoms with Crippen LogP contribution in [0.3, 0.4) is 0 Å². The number of hydrogen-bond donors (Lipinski definition) is 3. The van der Waals surface area contributed by atoms with Crippen molar-refractivity contribution >= 4 is 11.0 Å². The Bertz CT molecular complexity index is 1370. The molecule has 0 spiro atoms. The zero-order valence-corrected chi connectivity index (χ0v) is 16.8. The Kier molecular flexibility index (Phi) is 4.88. The number of aromatic hydroxyl groups is 1. The number of piperidine rings is 1. The zero-order chi connectivity index (χ0) is 21.4. The van der Waals surface area contributed by atoms with E-state index >= 15 is 0 Å². The second-order valence-corrected chi connectivity index (χ2v) is 7.79. The largest absolute Gasteiger partial charge is 0.507 e. The van der Waals surface area contributed by atoms with Gasteiger partial charge in [0.1, 0.15) is 11.4 Å². The second-order valence-electron chi connectivity index (χ2n) is 7.79. The summed E-state index contributed by atoms with van der Waals surface area (Å²) in [6, 6.07) is 17.7. The lowest BCUT2D eigenvalue weighted by molar-refractivity contribution is 0.463. The van der Waals surface area contributed by atoms with E-state index in [2.05, 4.69) is 15.3 Å². The first-order valence-corrected chi connectivity index (χ1v) is 10.4. The number of aromatic nitrogens is 3. The van der Waals surface area contributed by atoms with Gasteiger partial charge in [-0.2, -0.15) is 0 Å². The normalized spacial score (nSPS) is 16.5. The number of H-pyrrole nitrogens is 1. The Balaban J connectivity index is 1.83. The summed E-state index contributed by atoms with van der Waals surface area (Å²) >= 11 is 0. The van der Waals surface area contributed by atoms with Crippen LogP contribution in [0.15, 0.2) is 70.3 Å². The summed E-state index contributed by atoms with van der Waals surface area (Å²) in [5.41, 5.74) is 1.74. The number of para-hydroxylation sites is 2. The highest BCUT2D eigenvalue weighted by molar-refractivity contribution is 5.83. The van der Waals surface area contributed by atoms with E-state index in [-0.39, 0.29) is 22.9 Å². The molecule has 1 saturated heterocycles. The minimum Gasteiger partial charge on any atom is -0.507 e. The van der Waals surface area contributed by atoms with Crippen LogP contribution in [0.1, 0.15) is 24.3 Å². The summed E-state index contributed by atoms with van der Waals surface area (Å²) in [6.45, 7) is 1.68. The first-order chi connectivity index (χ1) is 15.1. The van der Waals surface area contributed by atoms with E-state index < -0.39 is 5.69 Å². The number of nitrogens with zero attached hydrogens (tertiary/aromatic N) is 2. The fourth-order valence-electron chi connectivity index (χ4n) is 4.32. The molecule has 0 bridgehead atoms. The molecule has 1 atom stereocenters. The molecule has 2 aromatic heterocycles. The van der Waals surface area contributed by atoms with E-state index in [4.69, 9.17) is 0 Å². The number of benzene rings is 2. The number of rotatable bonds is 3. The molecule has 1 aliphatic rings. The summed E-state index contributed by atoms with van der Waals surface area (Å²) in [5, 5.41) is 14.2. The average Bonchev–Trinajstić information content (AvgIpc) is 2.80. The number of nitrogens with one attached hydrogen (secondary N) is 2. The van der Waals surface area contributed by atoms with E-state index in [0.29, 0.717) is 22.3 Å². The summed E-state index contributed by atoms with van der Waals surface area (Å²) in [6.07, 6.45) is 1.92. The standard InChI is InChI=1S/C24H22N4O3/c29-20-11-5-4-10-17(20)19-13-18(15-7-6-12-25-14-15)21-22(26-19)27-24(31)28(23(21)30)16-8-2-1-3-9-16/h1-5,8-11,13,15,25,29H,6-7,12,14H2,(H,26,27,31). The van der Waals surface area contributed by atoms with Gasteiger partial charge in [0.05, 0.1) is 16.8 Å². The number of hydrogen-bond acceptors (Lipinski definition) is 5. The molecule has 1 aliphatic heterocycles. The summed E-state index contributed by atoms with van der Waals surface area (Å²) in [7, 11) is 0. The topological polar surface area (TPSA) is 100 Å². The van der Waals surface area contributed by atoms with Crippen LogP contribution in [0.5, 0.6) is 5.75 Å². The van der Waals surface area contributed by atoms with Crippen LogP contribution in [-0.4, -0.2) is 32.7 Å². The van der Waals surface area contributed by atoms with Crippen LogP contribution < -0.4 is 16.6 Å². The smallest absolute Gasteiger partial charge is 0.334 e. The maximum absolute atomic E-state index is 13.6. The van der Waals surface area contributed by atoms with Gasteiger partial charge >= 0.3 is 5.69 Å². The number of aromatic amines is 1. The van der Waals surface area contributed by atoms with Crippen molar-refractivity contribution in [2.24, 2.45) is 0 Å². The monoisotopic (exact) mass is 414 g/mol. The highest BCUT2D eigenvalue weighted by atomic mass is 16.3. The van der Waals surface area contributed by atoms with E-state index in [1.165, 1.54) is 0 Å². The maximum atomic E-state index is 13.6. The van der Waals surface area contributed by atoms with Gasteiger partial charge in [0.25, 0.3) is 5.56 Å². The first kappa shape index (κ1) is 19.3. The Morgan fingerprint density at radius 3 is 2.55 bits per heavy atom. The molecule has 7 heteroatoms. The Labute approximate surface area is 178 Å². The van der Waals surface area contributed by atoms with E-state index in [1.807, 2.05) is 18.2 Å². The lowest BCUT2D eigenvalue weighted by Crippen LogP contribution is -2.35. The molecule has 31 heavy (non-hydrogen) atoms. The predicted molar refractivity (Wildman–Crippen MR) is 120 cm³/mol. The van der Waals surface area contributed by atoms with Gasteiger partial charge in [-0.15, -0.1) is 0 Å². The van der Waals surface area contributed by atoms with E-state index in [1.54, 1.807) is 42.5 Å². The average molecular weight is 414 g/mol. The Morgan fingerprint density at radius 2 is 1.81 bits per heavy atom. The van der Waals surface area contributed by atoms with Crippen molar-refractivity contribution in [3.8, 4) is 22.7 Å². The zero-order valence-electron chi connectivity index (χ0n) is 16.8. The van der Waals surface area contributed by atoms with Crippen LogP contribution >= 0.6 is 0 Å². The highest BCUT2D eigenvalue weighted by Gasteiger charge is 2.23. The number of pyridine rings is 1. The number of phenols is 1. The van der Waals surface area contributed by atoms with Crippen molar-refractivity contribution in [2.45, 2.75) is 18.8 Å². The van der Waals surface area contributed by atoms with Crippen molar-refractivity contribution in [1.82, 2.24) is 19.9 Å². The van der Waals surface area contributed by atoms with Gasteiger partial charge in [-0.3, -0.25) is 9.78 Å². The molecule has 5 rings (SSSR count). The van der Waals surface area contributed by atoms with E-state index in [0.717, 1.165) is 36.1 Å². The molecule has 0 aliphatic carbocycles. The van der Waals surface area contributed by atoms with Gasteiger partial charge in [-0.1, -0.05) is 30.3 Å². The molecular weight excluding hydrogens is 392 g/mol. The van der Waals surface area contributed by atoms with Gasteiger partial charge in [-0.05, 0) is 61.2 Å². The first-order valence-electron chi connectivity index (χ1n) is 10.4. The third kappa shape index (κ3) is 3.43. The molecule has 3 heterocycles. The third-order valence-electron chi connectivity index (χ3n) is 5.83. The summed E-state index contributed by atoms with van der Waals surface area (Å²) < 4.78 is 1.16. The van der Waals surface area contributed by atoms with Crippen LogP contribution in [0.25, 0.3) is 28.0 Å². The quantitative estimate of drug-likeness (QED) is 0.479.